The van der Waals surface area contributed by atoms with Gasteiger partial charge in [0, 0.05) is 5.56 Å². The van der Waals surface area contributed by atoms with Crippen molar-refractivity contribution in [2.45, 2.75) is 6.54 Å². The van der Waals surface area contributed by atoms with Crippen LogP contribution in [0, 0.1) is 0 Å². The van der Waals surface area contributed by atoms with E-state index in [-0.39, 0.29) is 12.4 Å². The molecule has 4 aromatic rings. The van der Waals surface area contributed by atoms with Crippen LogP contribution in [0.15, 0.2) is 59.4 Å². The molecule has 1 aliphatic heterocycles. The topological polar surface area (TPSA) is 81.0 Å². The van der Waals surface area contributed by atoms with E-state index in [0.717, 1.165) is 5.56 Å². The number of ether oxygens (including phenoxy) is 5. The summed E-state index contributed by atoms with van der Waals surface area (Å²) in [5, 5.41) is 0.537. The predicted octanol–water partition coefficient (Wildman–Crippen LogP) is 3.87. The highest BCUT2D eigenvalue weighted by molar-refractivity contribution is 5.80. The molecule has 0 bridgehead atoms. The van der Waals surface area contributed by atoms with Crippen molar-refractivity contribution in [2.24, 2.45) is 0 Å². The first-order valence-corrected chi connectivity index (χ1v) is 10.3. The zero-order valence-electron chi connectivity index (χ0n) is 18.5. The summed E-state index contributed by atoms with van der Waals surface area (Å²) in [5.74, 6) is 3.24. The van der Waals surface area contributed by atoms with E-state index in [2.05, 4.69) is 0 Å². The normalized spacial score (nSPS) is 12.1. The van der Waals surface area contributed by atoms with Crippen LogP contribution in [-0.2, 0) is 6.54 Å². The first-order valence-electron chi connectivity index (χ1n) is 10.3. The van der Waals surface area contributed by atoms with Crippen molar-refractivity contribution in [3.8, 4) is 40.1 Å². The molecule has 0 saturated heterocycles. The Kier molecular flexibility index (Phi) is 5.26. The van der Waals surface area contributed by atoms with E-state index in [9.17, 15) is 4.79 Å². The fourth-order valence-corrected chi connectivity index (χ4v) is 3.97. The van der Waals surface area contributed by atoms with Crippen molar-refractivity contribution < 1.29 is 23.7 Å². The number of benzene rings is 3. The van der Waals surface area contributed by atoms with E-state index < -0.39 is 0 Å². The largest absolute Gasteiger partial charge is 0.493 e. The third-order valence-electron chi connectivity index (χ3n) is 5.56. The minimum absolute atomic E-state index is 0.151. The van der Waals surface area contributed by atoms with Crippen LogP contribution in [0.2, 0.25) is 0 Å². The molecular formula is C25H22N2O6. The smallest absolute Gasteiger partial charge is 0.261 e. The van der Waals surface area contributed by atoms with E-state index >= 15 is 0 Å². The van der Waals surface area contributed by atoms with E-state index in [1.165, 1.54) is 0 Å². The Morgan fingerprint density at radius 3 is 2.36 bits per heavy atom. The van der Waals surface area contributed by atoms with Crippen LogP contribution in [0.1, 0.15) is 5.56 Å². The fraction of sp³-hybridized carbons (Fsp3) is 0.200. The van der Waals surface area contributed by atoms with Gasteiger partial charge in [-0.3, -0.25) is 9.36 Å². The van der Waals surface area contributed by atoms with Gasteiger partial charge in [0.25, 0.3) is 5.56 Å². The quantitative estimate of drug-likeness (QED) is 0.445. The lowest BCUT2D eigenvalue weighted by Gasteiger charge is -2.17. The molecule has 33 heavy (non-hydrogen) atoms. The molecule has 0 fully saturated rings. The SMILES string of the molecule is COc1cc(-c2nc3ccccc3c(=O)n2Cc2ccc3c(c2)OCO3)cc(OC)c1OC. The molecule has 1 aliphatic rings. The highest BCUT2D eigenvalue weighted by Crippen LogP contribution is 2.41. The van der Waals surface area contributed by atoms with E-state index in [1.54, 1.807) is 44.1 Å². The van der Waals surface area contributed by atoms with Crippen molar-refractivity contribution in [1.29, 1.82) is 0 Å². The van der Waals surface area contributed by atoms with Gasteiger partial charge in [-0.25, -0.2) is 4.98 Å². The number of hydrogen-bond donors (Lipinski definition) is 0. The maximum Gasteiger partial charge on any atom is 0.261 e. The average Bonchev–Trinajstić information content (AvgIpc) is 3.32. The average molecular weight is 446 g/mol. The van der Waals surface area contributed by atoms with Crippen LogP contribution in [-0.4, -0.2) is 37.7 Å². The summed E-state index contributed by atoms with van der Waals surface area (Å²) in [6, 6.07) is 16.5. The third-order valence-corrected chi connectivity index (χ3v) is 5.56. The summed E-state index contributed by atoms with van der Waals surface area (Å²) in [6.07, 6.45) is 0. The molecule has 0 atom stereocenters. The highest BCUT2D eigenvalue weighted by atomic mass is 16.7. The maximum atomic E-state index is 13.6. The summed E-state index contributed by atoms with van der Waals surface area (Å²) in [5.41, 5.74) is 2.00. The van der Waals surface area contributed by atoms with Crippen molar-refractivity contribution in [3.63, 3.8) is 0 Å². The van der Waals surface area contributed by atoms with Crippen LogP contribution in [0.25, 0.3) is 22.3 Å². The number of hydrogen-bond acceptors (Lipinski definition) is 7. The maximum absolute atomic E-state index is 13.6. The van der Waals surface area contributed by atoms with Gasteiger partial charge in [0.2, 0.25) is 12.5 Å². The molecule has 0 aliphatic carbocycles. The minimum Gasteiger partial charge on any atom is -0.493 e. The molecular weight excluding hydrogens is 424 g/mol. The number of para-hydroxylation sites is 1. The number of rotatable bonds is 6. The molecule has 0 amide bonds. The molecule has 0 N–H and O–H groups in total. The molecule has 0 saturated carbocycles. The second kappa shape index (κ2) is 8.38. The zero-order chi connectivity index (χ0) is 22.9. The van der Waals surface area contributed by atoms with Gasteiger partial charge in [0.15, 0.2) is 23.0 Å². The zero-order valence-corrected chi connectivity index (χ0v) is 18.5. The van der Waals surface area contributed by atoms with Crippen LogP contribution < -0.4 is 29.2 Å². The first-order chi connectivity index (χ1) is 16.1. The molecule has 0 spiro atoms. The summed E-state index contributed by atoms with van der Waals surface area (Å²) in [6.45, 7) is 0.478. The van der Waals surface area contributed by atoms with E-state index in [0.29, 0.717) is 57.6 Å². The first kappa shape index (κ1) is 20.7. The molecule has 0 unspecified atom stereocenters. The van der Waals surface area contributed by atoms with Gasteiger partial charge < -0.3 is 23.7 Å². The van der Waals surface area contributed by atoms with Gasteiger partial charge >= 0.3 is 0 Å². The van der Waals surface area contributed by atoms with Crippen molar-refractivity contribution in [1.82, 2.24) is 9.55 Å². The molecule has 8 nitrogen and oxygen atoms in total. The Balaban J connectivity index is 1.73. The van der Waals surface area contributed by atoms with Crippen molar-refractivity contribution in [3.05, 3.63) is 70.5 Å². The van der Waals surface area contributed by atoms with Gasteiger partial charge in [-0.1, -0.05) is 18.2 Å². The van der Waals surface area contributed by atoms with Crippen LogP contribution in [0.4, 0.5) is 0 Å². The van der Waals surface area contributed by atoms with Crippen molar-refractivity contribution >= 4 is 10.9 Å². The lowest BCUT2D eigenvalue weighted by Crippen LogP contribution is -2.24. The van der Waals surface area contributed by atoms with E-state index in [1.807, 2.05) is 36.4 Å². The number of aromatic nitrogens is 2. The molecule has 168 valence electrons. The van der Waals surface area contributed by atoms with Crippen LogP contribution in [0.3, 0.4) is 0 Å². The summed E-state index contributed by atoms with van der Waals surface area (Å²) in [7, 11) is 4.65. The predicted molar refractivity (Wildman–Crippen MR) is 123 cm³/mol. The monoisotopic (exact) mass is 446 g/mol. The second-order valence-corrected chi connectivity index (χ2v) is 7.45. The van der Waals surface area contributed by atoms with Gasteiger partial charge in [-0.15, -0.1) is 0 Å². The Morgan fingerprint density at radius 2 is 1.64 bits per heavy atom. The van der Waals surface area contributed by atoms with Crippen LogP contribution in [0.5, 0.6) is 28.7 Å². The molecule has 5 rings (SSSR count). The fourth-order valence-electron chi connectivity index (χ4n) is 3.97. The summed E-state index contributed by atoms with van der Waals surface area (Å²) >= 11 is 0. The Labute approximate surface area is 189 Å². The summed E-state index contributed by atoms with van der Waals surface area (Å²) in [4.78, 5) is 18.4. The van der Waals surface area contributed by atoms with Crippen molar-refractivity contribution in [2.75, 3.05) is 28.1 Å². The van der Waals surface area contributed by atoms with Gasteiger partial charge in [-0.05, 0) is 42.0 Å². The number of fused-ring (bicyclic) bond motifs is 2. The minimum atomic E-state index is -0.151. The standard InChI is InChI=1S/C25H22N2O6/c1-29-21-11-16(12-22(30-2)23(21)31-3)24-26-18-7-5-4-6-17(18)25(28)27(24)13-15-8-9-19-20(10-15)33-14-32-19/h4-12H,13-14H2,1-3H3. The summed E-state index contributed by atoms with van der Waals surface area (Å²) < 4.78 is 29.0. The number of nitrogens with zero attached hydrogens (tertiary/aromatic N) is 2. The molecule has 8 heteroatoms. The highest BCUT2D eigenvalue weighted by Gasteiger charge is 2.20. The molecule has 2 heterocycles. The molecule has 1 aromatic heterocycles. The van der Waals surface area contributed by atoms with Crippen LogP contribution >= 0.6 is 0 Å². The lowest BCUT2D eigenvalue weighted by atomic mass is 10.1. The van der Waals surface area contributed by atoms with Gasteiger partial charge in [0.05, 0.1) is 38.8 Å². The Bertz CT molecular complexity index is 1390. The third kappa shape index (κ3) is 3.59. The number of methoxy groups -OCH3 is 3. The Morgan fingerprint density at radius 1 is 0.909 bits per heavy atom. The van der Waals surface area contributed by atoms with E-state index in [4.69, 9.17) is 28.7 Å². The van der Waals surface area contributed by atoms with Gasteiger partial charge in [-0.2, -0.15) is 0 Å². The molecule has 0 radical (unpaired) electrons. The lowest BCUT2D eigenvalue weighted by molar-refractivity contribution is 0.174. The second-order valence-electron chi connectivity index (χ2n) is 7.45. The molecule has 3 aromatic carbocycles. The van der Waals surface area contributed by atoms with Gasteiger partial charge in [0.1, 0.15) is 5.82 Å². The Hall–Kier alpha value is -4.20.